The van der Waals surface area contributed by atoms with Gasteiger partial charge in [0.05, 0.1) is 7.82 Å². The number of phosphoric acid groups is 1. The minimum absolute atomic E-state index is 0. The minimum atomic E-state index is -5.14. The summed E-state index contributed by atoms with van der Waals surface area (Å²) in [5.74, 6) is 0. The molecule has 3 N–H and O–H groups in total. The first-order chi connectivity index (χ1) is 2.00. The molecule has 0 aliphatic rings. The van der Waals surface area contributed by atoms with Gasteiger partial charge in [-0.2, -0.15) is 0 Å². The fraction of sp³-hybridized carbons (Fsp3) is 0. The van der Waals surface area contributed by atoms with Gasteiger partial charge in [0.1, 0.15) is 0 Å². The predicted molar refractivity (Wildman–Crippen MR) is 13.4 cm³/mol. The predicted octanol–water partition coefficient (Wildman–Crippen LogP) is -3.02. The van der Waals surface area contributed by atoms with Gasteiger partial charge < -0.3 is 24.7 Å². The van der Waals surface area contributed by atoms with Gasteiger partial charge in [-0.05, 0) is 0 Å². The van der Waals surface area contributed by atoms with Gasteiger partial charge in [-0.25, -0.2) is 0 Å². The maximum absolute atomic E-state index is 8.66. The van der Waals surface area contributed by atoms with Crippen molar-refractivity contribution >= 4 is 7.82 Å². The van der Waals surface area contributed by atoms with Crippen molar-refractivity contribution < 1.29 is 43.3 Å². The van der Waals surface area contributed by atoms with E-state index >= 15 is 0 Å². The maximum Gasteiger partial charge on any atom is 2.00 e. The Hall–Kier alpha value is 0.654. The Morgan fingerprint density at radius 1 is 1.43 bits per heavy atom. The number of hydrogen-bond acceptors (Lipinski definition) is 3. The zero-order valence-corrected chi connectivity index (χ0v) is 5.36. The molecule has 0 aromatic heterocycles. The van der Waals surface area contributed by atoms with Crippen LogP contribution in [0.3, 0.4) is 0 Å². The molecule has 5 nitrogen and oxygen atoms in total. The fourth-order valence-electron chi connectivity index (χ4n) is 0. The van der Waals surface area contributed by atoms with Crippen LogP contribution in [0, 0.1) is 0 Å². The van der Waals surface area contributed by atoms with Crippen LogP contribution in [0.25, 0.3) is 0 Å². The van der Waals surface area contributed by atoms with Crippen molar-refractivity contribution in [1.82, 2.24) is 0 Å². The second-order valence-electron chi connectivity index (χ2n) is 0.469. The molecule has 0 aromatic rings. The summed E-state index contributed by atoms with van der Waals surface area (Å²) in [4.78, 5) is 24.3. The van der Waals surface area contributed by atoms with E-state index in [1.165, 1.54) is 0 Å². The summed E-state index contributed by atoms with van der Waals surface area (Å²) in [6.45, 7) is 0. The van der Waals surface area contributed by atoms with E-state index in [4.69, 9.17) is 19.2 Å². The topological polar surface area (TPSA) is 115 Å². The van der Waals surface area contributed by atoms with Gasteiger partial charge in [0.2, 0.25) is 0 Å². The summed E-state index contributed by atoms with van der Waals surface area (Å²) >= 11 is 0. The smallest absolute Gasteiger partial charge is 0.790 e. The third-order valence-corrected chi connectivity index (χ3v) is 0. The fourth-order valence-corrected chi connectivity index (χ4v) is 0. The van der Waals surface area contributed by atoms with E-state index in [1.54, 1.807) is 0 Å². The van der Waals surface area contributed by atoms with E-state index in [0.717, 1.165) is 0 Å². The molecule has 0 aliphatic carbocycles. The average Bonchev–Trinajstić information content (AvgIpc) is 0.722. The molecule has 7 heavy (non-hydrogen) atoms. The number of rotatable bonds is 0. The van der Waals surface area contributed by atoms with Crippen LogP contribution in [0.4, 0.5) is 0 Å². The number of hydrogen-bond donors (Lipinski definition) is 1. The Bertz CT molecular complexity index is 54.2. The van der Waals surface area contributed by atoms with Crippen molar-refractivity contribution in [3.05, 3.63) is 0 Å². The van der Waals surface area contributed by atoms with Crippen molar-refractivity contribution in [3.63, 3.8) is 0 Å². The molecule has 0 saturated carbocycles. The van der Waals surface area contributed by atoms with Gasteiger partial charge in [-0.1, -0.05) is 0 Å². The van der Waals surface area contributed by atoms with E-state index in [9.17, 15) is 0 Å². The van der Waals surface area contributed by atoms with Crippen LogP contribution in [0.5, 0.6) is 0 Å². The Balaban J connectivity index is -0.0000000800. The maximum atomic E-state index is 8.66. The van der Waals surface area contributed by atoms with Gasteiger partial charge in [-0.15, -0.1) is 0 Å². The van der Waals surface area contributed by atoms with Gasteiger partial charge in [-0.3, -0.25) is 0 Å². The molecule has 0 saturated heterocycles. The van der Waals surface area contributed by atoms with E-state index in [1.807, 2.05) is 0 Å². The van der Waals surface area contributed by atoms with Crippen LogP contribution in [-0.4, -0.2) is 10.4 Å². The van der Waals surface area contributed by atoms with Crippen molar-refractivity contribution in [2.75, 3.05) is 0 Å². The molecular formula is H3O5PV. The first-order valence-corrected chi connectivity index (χ1v) is 2.24. The van der Waals surface area contributed by atoms with Crippen molar-refractivity contribution in [2.45, 2.75) is 0 Å². The third-order valence-electron chi connectivity index (χ3n) is 0. The molecule has 0 aromatic carbocycles. The molecule has 0 atom stereocenters. The second-order valence-corrected chi connectivity index (χ2v) is 1.41. The molecule has 7 heteroatoms. The van der Waals surface area contributed by atoms with Crippen molar-refractivity contribution in [1.29, 1.82) is 0 Å². The van der Waals surface area contributed by atoms with E-state index in [2.05, 4.69) is 0 Å². The SMILES string of the molecule is O.O=P([O-])([O-])O.[V+2]. The molecule has 0 unspecified atom stereocenters. The second kappa shape index (κ2) is 4.80. The zero-order chi connectivity index (χ0) is 4.50. The van der Waals surface area contributed by atoms with Gasteiger partial charge >= 0.3 is 18.6 Å². The molecule has 0 heterocycles. The first-order valence-electron chi connectivity index (χ1n) is 0.748. The molecule has 0 bridgehead atoms. The third kappa shape index (κ3) is 337. The standard InChI is InChI=1S/H3O4P.H2O.V/c1-5(2,3)4;;/h(H3,1,2,3,4);1H2;/q;;+2/p-2. The Kier molecular flexibility index (Phi) is 10.7. The summed E-state index contributed by atoms with van der Waals surface area (Å²) in [6.07, 6.45) is 0. The van der Waals surface area contributed by atoms with Crippen LogP contribution in [0.1, 0.15) is 0 Å². The molecule has 0 aliphatic heterocycles. The van der Waals surface area contributed by atoms with E-state index in [0.29, 0.717) is 0 Å². The molecule has 0 fully saturated rings. The summed E-state index contributed by atoms with van der Waals surface area (Å²) in [5.41, 5.74) is 0. The van der Waals surface area contributed by atoms with E-state index < -0.39 is 7.82 Å². The summed E-state index contributed by atoms with van der Waals surface area (Å²) in [6, 6.07) is 0. The summed E-state index contributed by atoms with van der Waals surface area (Å²) < 4.78 is 8.66. The molecule has 0 amide bonds. The summed E-state index contributed by atoms with van der Waals surface area (Å²) in [5, 5.41) is 0. The van der Waals surface area contributed by atoms with Crippen LogP contribution in [-0.2, 0) is 23.1 Å². The normalized spacial score (nSPS) is 8.43. The van der Waals surface area contributed by atoms with Gasteiger partial charge in [0, 0.05) is 0 Å². The van der Waals surface area contributed by atoms with E-state index in [-0.39, 0.29) is 24.0 Å². The van der Waals surface area contributed by atoms with Gasteiger partial charge in [0.15, 0.2) is 0 Å². The van der Waals surface area contributed by atoms with Crippen LogP contribution in [0.15, 0.2) is 0 Å². The average molecular weight is 165 g/mol. The van der Waals surface area contributed by atoms with Crippen LogP contribution in [0.2, 0.25) is 0 Å². The molecule has 0 rings (SSSR count). The monoisotopic (exact) mass is 165 g/mol. The summed E-state index contributed by atoms with van der Waals surface area (Å²) in [7, 11) is -5.14. The molecule has 1 radical (unpaired) electrons. The largest absolute Gasteiger partial charge is 2.00 e. The van der Waals surface area contributed by atoms with Crippen LogP contribution < -0.4 is 9.79 Å². The quantitative estimate of drug-likeness (QED) is 0.384. The first kappa shape index (κ1) is 15.6. The van der Waals surface area contributed by atoms with Crippen molar-refractivity contribution in [3.8, 4) is 0 Å². The molecule has 0 spiro atoms. The Morgan fingerprint density at radius 2 is 1.43 bits per heavy atom. The molecular weight excluding hydrogens is 162 g/mol. The van der Waals surface area contributed by atoms with Gasteiger partial charge in [0.25, 0.3) is 0 Å². The zero-order valence-electron chi connectivity index (χ0n) is 3.07. The van der Waals surface area contributed by atoms with Crippen LogP contribution >= 0.6 is 7.82 Å². The van der Waals surface area contributed by atoms with Crippen molar-refractivity contribution in [2.24, 2.45) is 0 Å². The molecule has 43 valence electrons. The Morgan fingerprint density at radius 3 is 1.43 bits per heavy atom. The minimum Gasteiger partial charge on any atom is -0.790 e. The Labute approximate surface area is 51.8 Å².